The first kappa shape index (κ1) is 20.6. The van der Waals surface area contributed by atoms with E-state index in [2.05, 4.69) is 10.0 Å². The highest BCUT2D eigenvalue weighted by Gasteiger charge is 2.30. The molecule has 0 amide bonds. The highest BCUT2D eigenvalue weighted by atomic mass is 32.2. The third-order valence-electron chi connectivity index (χ3n) is 5.56. The minimum atomic E-state index is -3.26. The van der Waals surface area contributed by atoms with Gasteiger partial charge in [-0.15, -0.1) is 0 Å². The summed E-state index contributed by atoms with van der Waals surface area (Å²) in [5.74, 6) is -1.50. The Hall–Kier alpha value is -1.09. The topological polar surface area (TPSA) is 67.4 Å². The zero-order chi connectivity index (χ0) is 19.4. The summed E-state index contributed by atoms with van der Waals surface area (Å²) in [7, 11) is -3.26. The molecule has 0 spiro atoms. The fourth-order valence-electron chi connectivity index (χ4n) is 4.16. The van der Waals surface area contributed by atoms with Crippen LogP contribution in [0.3, 0.4) is 0 Å². The van der Waals surface area contributed by atoms with Gasteiger partial charge < -0.3 is 10.1 Å². The highest BCUT2D eigenvalue weighted by Crippen LogP contribution is 2.35. The van der Waals surface area contributed by atoms with Gasteiger partial charge in [0.15, 0.2) is 11.6 Å². The molecule has 1 saturated heterocycles. The van der Waals surface area contributed by atoms with Gasteiger partial charge in [-0.05, 0) is 62.6 Å². The number of benzene rings is 1. The molecule has 27 heavy (non-hydrogen) atoms. The maximum atomic E-state index is 14.0. The lowest BCUT2D eigenvalue weighted by Gasteiger charge is -2.35. The van der Waals surface area contributed by atoms with Gasteiger partial charge in [-0.25, -0.2) is 21.9 Å². The summed E-state index contributed by atoms with van der Waals surface area (Å²) >= 11 is 0. The molecule has 2 atom stereocenters. The predicted octanol–water partition coefficient (Wildman–Crippen LogP) is 2.68. The van der Waals surface area contributed by atoms with Gasteiger partial charge >= 0.3 is 0 Å². The molecule has 1 aromatic carbocycles. The highest BCUT2D eigenvalue weighted by molar-refractivity contribution is 7.88. The van der Waals surface area contributed by atoms with Crippen LogP contribution in [0.5, 0.6) is 0 Å². The maximum Gasteiger partial charge on any atom is 0.209 e. The summed E-state index contributed by atoms with van der Waals surface area (Å²) in [5.41, 5.74) is 0.458. The molecular weight excluding hydrogens is 374 g/mol. The van der Waals surface area contributed by atoms with E-state index in [0.29, 0.717) is 12.2 Å². The van der Waals surface area contributed by atoms with Crippen molar-refractivity contribution in [3.05, 3.63) is 35.4 Å². The Balaban J connectivity index is 1.49. The van der Waals surface area contributed by atoms with Gasteiger partial charge in [-0.2, -0.15) is 0 Å². The first-order valence-corrected chi connectivity index (χ1v) is 11.5. The van der Waals surface area contributed by atoms with Crippen LogP contribution in [0.25, 0.3) is 0 Å². The van der Waals surface area contributed by atoms with Crippen LogP contribution < -0.4 is 10.0 Å². The molecule has 0 unspecified atom stereocenters. The van der Waals surface area contributed by atoms with E-state index in [1.165, 1.54) is 6.26 Å². The zero-order valence-electron chi connectivity index (χ0n) is 15.6. The monoisotopic (exact) mass is 402 g/mol. The minimum Gasteiger partial charge on any atom is -0.377 e. The van der Waals surface area contributed by atoms with Crippen molar-refractivity contribution in [3.8, 4) is 0 Å². The minimum absolute atomic E-state index is 0.0213. The molecule has 0 aromatic heterocycles. The fourth-order valence-corrected chi connectivity index (χ4v) is 4.99. The molecule has 1 heterocycles. The first-order valence-electron chi connectivity index (χ1n) is 9.59. The zero-order valence-corrected chi connectivity index (χ0v) is 16.4. The summed E-state index contributed by atoms with van der Waals surface area (Å²) < 4.78 is 59.2. The summed E-state index contributed by atoms with van der Waals surface area (Å²) in [6, 6.07) is 4.15. The van der Waals surface area contributed by atoms with Crippen LogP contribution in [-0.4, -0.2) is 46.0 Å². The molecule has 1 saturated carbocycles. The van der Waals surface area contributed by atoms with E-state index in [0.717, 1.165) is 51.1 Å². The van der Waals surface area contributed by atoms with Gasteiger partial charge in [-0.3, -0.25) is 0 Å². The lowest BCUT2D eigenvalue weighted by Crippen LogP contribution is -2.55. The van der Waals surface area contributed by atoms with E-state index in [9.17, 15) is 17.2 Å². The largest absolute Gasteiger partial charge is 0.377 e. The van der Waals surface area contributed by atoms with E-state index < -0.39 is 21.7 Å². The van der Waals surface area contributed by atoms with Gasteiger partial charge in [0, 0.05) is 12.1 Å². The second kappa shape index (κ2) is 8.94. The van der Waals surface area contributed by atoms with Crippen molar-refractivity contribution in [1.29, 1.82) is 0 Å². The van der Waals surface area contributed by atoms with Crippen molar-refractivity contribution in [2.24, 2.45) is 0 Å². The quantitative estimate of drug-likeness (QED) is 0.768. The van der Waals surface area contributed by atoms with E-state index in [4.69, 9.17) is 4.74 Å². The SMILES string of the molecule is CS(=O)(=O)N[C@H]1CCCN[C@H]1COC1CCC(c2cccc(F)c2F)CC1. The Morgan fingerprint density at radius 2 is 1.93 bits per heavy atom. The lowest BCUT2D eigenvalue weighted by molar-refractivity contribution is 0.00504. The number of ether oxygens (including phenoxy) is 1. The number of piperidine rings is 1. The van der Waals surface area contributed by atoms with Crippen molar-refractivity contribution >= 4 is 10.0 Å². The molecule has 1 aliphatic heterocycles. The molecule has 3 rings (SSSR count). The smallest absolute Gasteiger partial charge is 0.209 e. The van der Waals surface area contributed by atoms with Gasteiger partial charge in [-0.1, -0.05) is 12.1 Å². The Morgan fingerprint density at radius 1 is 1.19 bits per heavy atom. The van der Waals surface area contributed by atoms with Crippen LogP contribution in [0.15, 0.2) is 18.2 Å². The second-order valence-electron chi connectivity index (χ2n) is 7.65. The Labute approximate surface area is 159 Å². The molecule has 2 aliphatic rings. The van der Waals surface area contributed by atoms with Crippen LogP contribution in [0.4, 0.5) is 8.78 Å². The Morgan fingerprint density at radius 3 is 2.63 bits per heavy atom. The van der Waals surface area contributed by atoms with Crippen molar-refractivity contribution in [2.45, 2.75) is 62.6 Å². The normalized spacial score (nSPS) is 29.6. The molecule has 5 nitrogen and oxygen atoms in total. The van der Waals surface area contributed by atoms with Gasteiger partial charge in [0.2, 0.25) is 10.0 Å². The number of halogens is 2. The van der Waals surface area contributed by atoms with Crippen molar-refractivity contribution in [3.63, 3.8) is 0 Å². The third-order valence-corrected chi connectivity index (χ3v) is 6.29. The van der Waals surface area contributed by atoms with E-state index >= 15 is 0 Å². The number of hydrogen-bond donors (Lipinski definition) is 2. The summed E-state index contributed by atoms with van der Waals surface area (Å²) in [5, 5.41) is 3.34. The number of rotatable bonds is 6. The van der Waals surface area contributed by atoms with E-state index in [1.807, 2.05) is 0 Å². The second-order valence-corrected chi connectivity index (χ2v) is 9.43. The molecule has 2 N–H and O–H groups in total. The number of sulfonamides is 1. The molecular formula is C19H28F2N2O3S. The summed E-state index contributed by atoms with van der Waals surface area (Å²) in [6.45, 7) is 1.29. The van der Waals surface area contributed by atoms with Crippen LogP contribution in [-0.2, 0) is 14.8 Å². The van der Waals surface area contributed by atoms with E-state index in [1.54, 1.807) is 12.1 Å². The van der Waals surface area contributed by atoms with Crippen LogP contribution >= 0.6 is 0 Å². The molecule has 152 valence electrons. The van der Waals surface area contributed by atoms with E-state index in [-0.39, 0.29) is 24.1 Å². The van der Waals surface area contributed by atoms with Crippen molar-refractivity contribution < 1.29 is 21.9 Å². The van der Waals surface area contributed by atoms with Gasteiger partial charge in [0.05, 0.1) is 19.0 Å². The lowest BCUT2D eigenvalue weighted by atomic mass is 9.82. The number of nitrogens with one attached hydrogen (secondary N) is 2. The summed E-state index contributed by atoms with van der Waals surface area (Å²) in [4.78, 5) is 0. The van der Waals surface area contributed by atoms with Crippen molar-refractivity contribution in [1.82, 2.24) is 10.0 Å². The fraction of sp³-hybridized carbons (Fsp3) is 0.684. The average molecular weight is 403 g/mol. The van der Waals surface area contributed by atoms with Crippen LogP contribution in [0.1, 0.15) is 50.0 Å². The molecule has 0 bridgehead atoms. The maximum absolute atomic E-state index is 14.0. The first-order chi connectivity index (χ1) is 12.8. The number of hydrogen-bond acceptors (Lipinski definition) is 4. The Kier molecular flexibility index (Phi) is 6.83. The Bertz CT molecular complexity index is 736. The average Bonchev–Trinajstić information content (AvgIpc) is 2.63. The molecule has 0 radical (unpaired) electrons. The van der Waals surface area contributed by atoms with Crippen molar-refractivity contribution in [2.75, 3.05) is 19.4 Å². The predicted molar refractivity (Wildman–Crippen MR) is 100 cm³/mol. The molecule has 1 aliphatic carbocycles. The van der Waals surface area contributed by atoms with Gasteiger partial charge in [0.1, 0.15) is 0 Å². The molecule has 1 aromatic rings. The standard InChI is InChI=1S/C19H28F2N2O3S/c1-27(24,25)23-17-6-3-11-22-18(17)12-26-14-9-7-13(8-10-14)15-4-2-5-16(20)19(15)21/h2,4-5,13-14,17-18,22-23H,3,6-12H2,1H3/t13?,14?,17-,18-/m0/s1. The molecule has 8 heteroatoms. The molecule has 2 fully saturated rings. The third kappa shape index (κ3) is 5.70. The summed E-state index contributed by atoms with van der Waals surface area (Å²) in [6.07, 6.45) is 6.05. The van der Waals surface area contributed by atoms with Crippen LogP contribution in [0, 0.1) is 11.6 Å². The van der Waals surface area contributed by atoms with Crippen LogP contribution in [0.2, 0.25) is 0 Å². The van der Waals surface area contributed by atoms with Gasteiger partial charge in [0.25, 0.3) is 0 Å².